The van der Waals surface area contributed by atoms with Gasteiger partial charge in [-0.25, -0.2) is 0 Å². The summed E-state index contributed by atoms with van der Waals surface area (Å²) in [5, 5.41) is 14.7. The minimum atomic E-state index is -0.117. The van der Waals surface area contributed by atoms with Gasteiger partial charge in [-0.15, -0.1) is 0 Å². The molecule has 0 bridgehead atoms. The maximum absolute atomic E-state index is 11.8. The van der Waals surface area contributed by atoms with E-state index >= 15 is 0 Å². The zero-order valence-corrected chi connectivity index (χ0v) is 12.8. The van der Waals surface area contributed by atoms with E-state index in [0.29, 0.717) is 23.2 Å². The monoisotopic (exact) mass is 296 g/mol. The number of hydrogen-bond donors (Lipinski definition) is 3. The largest absolute Gasteiger partial charge is 0.493 e. The zero-order chi connectivity index (χ0) is 15.7. The van der Waals surface area contributed by atoms with E-state index in [1.54, 1.807) is 18.2 Å². The molecule has 0 aromatic heterocycles. The molecule has 0 saturated carbocycles. The summed E-state index contributed by atoms with van der Waals surface area (Å²) in [4.78, 5) is 11.8. The SMILES string of the molecule is CCC(C)NCC(=O)Nc1ccc(OC)c(OCCO)c1. The second-order valence-electron chi connectivity index (χ2n) is 4.68. The maximum Gasteiger partial charge on any atom is 0.238 e. The fraction of sp³-hybridized carbons (Fsp3) is 0.533. The Kier molecular flexibility index (Phi) is 7.56. The third-order valence-electron chi connectivity index (χ3n) is 3.02. The maximum atomic E-state index is 11.8. The number of anilines is 1. The van der Waals surface area contributed by atoms with Gasteiger partial charge in [0.15, 0.2) is 11.5 Å². The lowest BCUT2D eigenvalue weighted by Crippen LogP contribution is -2.33. The molecule has 0 spiro atoms. The summed E-state index contributed by atoms with van der Waals surface area (Å²) in [5.41, 5.74) is 0.625. The zero-order valence-electron chi connectivity index (χ0n) is 12.8. The lowest BCUT2D eigenvalue weighted by molar-refractivity contribution is -0.115. The first-order chi connectivity index (χ1) is 10.1. The second kappa shape index (κ2) is 9.20. The van der Waals surface area contributed by atoms with Crippen LogP contribution in [0.25, 0.3) is 0 Å². The molecule has 0 radical (unpaired) electrons. The van der Waals surface area contributed by atoms with Gasteiger partial charge in [-0.1, -0.05) is 6.92 Å². The van der Waals surface area contributed by atoms with Gasteiger partial charge in [-0.05, 0) is 25.5 Å². The van der Waals surface area contributed by atoms with Crippen LogP contribution in [0, 0.1) is 0 Å². The van der Waals surface area contributed by atoms with Crippen molar-refractivity contribution in [3.63, 3.8) is 0 Å². The smallest absolute Gasteiger partial charge is 0.238 e. The second-order valence-corrected chi connectivity index (χ2v) is 4.68. The number of hydrogen-bond acceptors (Lipinski definition) is 5. The molecule has 21 heavy (non-hydrogen) atoms. The first kappa shape index (κ1) is 17.3. The molecule has 6 nitrogen and oxygen atoms in total. The quantitative estimate of drug-likeness (QED) is 0.642. The molecule has 0 aliphatic carbocycles. The Morgan fingerprint density at radius 3 is 2.76 bits per heavy atom. The van der Waals surface area contributed by atoms with Crippen LogP contribution >= 0.6 is 0 Å². The summed E-state index contributed by atoms with van der Waals surface area (Å²) in [6, 6.07) is 5.43. The molecule has 0 heterocycles. The van der Waals surface area contributed by atoms with Gasteiger partial charge in [0.2, 0.25) is 5.91 Å². The summed E-state index contributed by atoms with van der Waals surface area (Å²) in [7, 11) is 1.54. The van der Waals surface area contributed by atoms with Crippen molar-refractivity contribution < 1.29 is 19.4 Å². The van der Waals surface area contributed by atoms with Crippen LogP contribution in [0.4, 0.5) is 5.69 Å². The number of carbonyl (C=O) groups is 1. The minimum Gasteiger partial charge on any atom is -0.493 e. The van der Waals surface area contributed by atoms with Crippen LogP contribution in [-0.4, -0.2) is 43.9 Å². The number of aliphatic hydroxyl groups is 1. The Morgan fingerprint density at radius 2 is 2.14 bits per heavy atom. The average molecular weight is 296 g/mol. The number of amides is 1. The van der Waals surface area contributed by atoms with Crippen molar-refractivity contribution in [3.8, 4) is 11.5 Å². The Bertz CT molecular complexity index is 451. The van der Waals surface area contributed by atoms with Crippen LogP contribution < -0.4 is 20.1 Å². The lowest BCUT2D eigenvalue weighted by Gasteiger charge is -2.13. The highest BCUT2D eigenvalue weighted by atomic mass is 16.5. The van der Waals surface area contributed by atoms with Crippen molar-refractivity contribution >= 4 is 11.6 Å². The van der Waals surface area contributed by atoms with E-state index in [0.717, 1.165) is 6.42 Å². The summed E-state index contributed by atoms with van der Waals surface area (Å²) in [6.45, 7) is 4.43. The van der Waals surface area contributed by atoms with Gasteiger partial charge < -0.3 is 25.2 Å². The van der Waals surface area contributed by atoms with E-state index in [1.807, 2.05) is 6.92 Å². The molecule has 3 N–H and O–H groups in total. The van der Waals surface area contributed by atoms with Gasteiger partial charge >= 0.3 is 0 Å². The van der Waals surface area contributed by atoms with E-state index in [-0.39, 0.29) is 25.7 Å². The standard InChI is InChI=1S/C15H24N2O4/c1-4-11(2)16-10-15(19)17-12-5-6-13(20-3)14(9-12)21-8-7-18/h5-6,9,11,16,18H,4,7-8,10H2,1-3H3,(H,17,19). The summed E-state index contributed by atoms with van der Waals surface area (Å²) in [6.07, 6.45) is 0.967. The van der Waals surface area contributed by atoms with E-state index in [9.17, 15) is 4.79 Å². The lowest BCUT2D eigenvalue weighted by atomic mass is 10.2. The predicted octanol–water partition coefficient (Wildman–Crippen LogP) is 1.39. The molecule has 1 rings (SSSR count). The van der Waals surface area contributed by atoms with Crippen molar-refractivity contribution in [1.29, 1.82) is 0 Å². The normalized spacial score (nSPS) is 11.8. The molecule has 1 aromatic rings. The molecule has 6 heteroatoms. The minimum absolute atomic E-state index is 0.0848. The summed E-state index contributed by atoms with van der Waals surface area (Å²) < 4.78 is 10.5. The number of aliphatic hydroxyl groups excluding tert-OH is 1. The highest BCUT2D eigenvalue weighted by Crippen LogP contribution is 2.30. The highest BCUT2D eigenvalue weighted by Gasteiger charge is 2.09. The fourth-order valence-electron chi connectivity index (χ4n) is 1.64. The Labute approximate surface area is 125 Å². The van der Waals surface area contributed by atoms with E-state index in [4.69, 9.17) is 14.6 Å². The van der Waals surface area contributed by atoms with Crippen molar-refractivity contribution in [3.05, 3.63) is 18.2 Å². The van der Waals surface area contributed by atoms with Gasteiger partial charge in [0.25, 0.3) is 0 Å². The van der Waals surface area contributed by atoms with E-state index in [1.165, 1.54) is 7.11 Å². The first-order valence-electron chi connectivity index (χ1n) is 7.05. The molecule has 1 unspecified atom stereocenters. The molecule has 0 fully saturated rings. The average Bonchev–Trinajstić information content (AvgIpc) is 2.50. The van der Waals surface area contributed by atoms with Crippen LogP contribution in [-0.2, 0) is 4.79 Å². The van der Waals surface area contributed by atoms with Crippen molar-refractivity contribution in [2.75, 3.05) is 32.2 Å². The van der Waals surface area contributed by atoms with Crippen LogP contribution in [0.1, 0.15) is 20.3 Å². The number of rotatable bonds is 9. The van der Waals surface area contributed by atoms with Gasteiger partial charge in [0.05, 0.1) is 20.3 Å². The molecule has 0 aliphatic heterocycles. The number of benzene rings is 1. The summed E-state index contributed by atoms with van der Waals surface area (Å²) in [5.74, 6) is 0.923. The van der Waals surface area contributed by atoms with Gasteiger partial charge in [0, 0.05) is 17.8 Å². The van der Waals surface area contributed by atoms with Gasteiger partial charge in [-0.3, -0.25) is 4.79 Å². The van der Waals surface area contributed by atoms with Crippen molar-refractivity contribution in [2.24, 2.45) is 0 Å². The molecule has 1 aromatic carbocycles. The highest BCUT2D eigenvalue weighted by molar-refractivity contribution is 5.92. The third kappa shape index (κ3) is 6.01. The number of nitrogens with one attached hydrogen (secondary N) is 2. The molecule has 1 atom stereocenters. The van der Waals surface area contributed by atoms with Crippen molar-refractivity contribution in [2.45, 2.75) is 26.3 Å². The van der Waals surface area contributed by atoms with Gasteiger partial charge in [0.1, 0.15) is 6.61 Å². The van der Waals surface area contributed by atoms with Crippen LogP contribution in [0.5, 0.6) is 11.5 Å². The van der Waals surface area contributed by atoms with Crippen LogP contribution in [0.2, 0.25) is 0 Å². The Balaban J connectivity index is 2.64. The molecule has 1 amide bonds. The first-order valence-corrected chi connectivity index (χ1v) is 7.05. The van der Waals surface area contributed by atoms with E-state index < -0.39 is 0 Å². The fourth-order valence-corrected chi connectivity index (χ4v) is 1.64. The van der Waals surface area contributed by atoms with Crippen LogP contribution in [0.3, 0.4) is 0 Å². The Hall–Kier alpha value is -1.79. The summed E-state index contributed by atoms with van der Waals surface area (Å²) >= 11 is 0. The Morgan fingerprint density at radius 1 is 1.38 bits per heavy atom. The predicted molar refractivity (Wildman–Crippen MR) is 82.0 cm³/mol. The van der Waals surface area contributed by atoms with Gasteiger partial charge in [-0.2, -0.15) is 0 Å². The molecule has 0 saturated heterocycles. The topological polar surface area (TPSA) is 79.8 Å². The molecule has 0 aliphatic rings. The number of ether oxygens (including phenoxy) is 2. The van der Waals surface area contributed by atoms with E-state index in [2.05, 4.69) is 17.6 Å². The number of carbonyl (C=O) groups excluding carboxylic acids is 1. The third-order valence-corrected chi connectivity index (χ3v) is 3.02. The van der Waals surface area contributed by atoms with Crippen LogP contribution in [0.15, 0.2) is 18.2 Å². The number of methoxy groups -OCH3 is 1. The van der Waals surface area contributed by atoms with Crippen molar-refractivity contribution in [1.82, 2.24) is 5.32 Å². The molecular weight excluding hydrogens is 272 g/mol. The molecule has 118 valence electrons. The molecular formula is C15H24N2O4.